The first-order chi connectivity index (χ1) is 11.1. The molecule has 0 spiro atoms. The molecule has 0 bridgehead atoms. The highest BCUT2D eigenvalue weighted by molar-refractivity contribution is 5.58. The van der Waals surface area contributed by atoms with Crippen molar-refractivity contribution in [2.45, 2.75) is 19.4 Å². The molecule has 0 N–H and O–H groups in total. The number of ether oxygens (including phenoxy) is 1. The monoisotopic (exact) mass is 310 g/mol. The van der Waals surface area contributed by atoms with Gasteiger partial charge < -0.3 is 9.64 Å². The van der Waals surface area contributed by atoms with E-state index in [2.05, 4.69) is 0 Å². The molecule has 1 aliphatic rings. The van der Waals surface area contributed by atoms with Crippen LogP contribution in [0.1, 0.15) is 24.9 Å². The molecule has 0 aromatic heterocycles. The van der Waals surface area contributed by atoms with Gasteiger partial charge in [0.1, 0.15) is 5.75 Å². The molecule has 0 saturated carbocycles. The number of nitrogens with zero attached hydrogens (tertiary/aromatic N) is 2. The summed E-state index contributed by atoms with van der Waals surface area (Å²) in [6.07, 6.45) is 0.398. The maximum Gasteiger partial charge on any atom is 0.267 e. The summed E-state index contributed by atoms with van der Waals surface area (Å²) in [4.78, 5) is 13.1. The van der Waals surface area contributed by atoms with Gasteiger partial charge in [0, 0.05) is 5.69 Å². The summed E-state index contributed by atoms with van der Waals surface area (Å²) in [6, 6.07) is 17.4. The molecule has 1 unspecified atom stereocenters. The van der Waals surface area contributed by atoms with Gasteiger partial charge in [0.15, 0.2) is 0 Å². The van der Waals surface area contributed by atoms with Crippen LogP contribution in [-0.2, 0) is 0 Å². The fraction of sp³-hybridized carbons (Fsp3) is 0.222. The predicted molar refractivity (Wildman–Crippen MR) is 89.0 cm³/mol. The molecule has 1 aliphatic heterocycles. The Morgan fingerprint density at radius 2 is 1.78 bits per heavy atom. The van der Waals surface area contributed by atoms with Crippen LogP contribution in [0.25, 0.3) is 0 Å². The lowest BCUT2D eigenvalue weighted by Crippen LogP contribution is -2.22. The third-order valence-corrected chi connectivity index (χ3v) is 4.23. The molecule has 5 heteroatoms. The van der Waals surface area contributed by atoms with Gasteiger partial charge in [-0.3, -0.25) is 10.1 Å². The van der Waals surface area contributed by atoms with Crippen LogP contribution in [0.15, 0.2) is 66.0 Å². The van der Waals surface area contributed by atoms with Gasteiger partial charge in [-0.05, 0) is 36.8 Å². The number of hydrogen-bond donors (Lipinski definition) is 0. The van der Waals surface area contributed by atoms with Gasteiger partial charge in [-0.25, -0.2) is 0 Å². The van der Waals surface area contributed by atoms with Crippen LogP contribution >= 0.6 is 0 Å². The fourth-order valence-electron chi connectivity index (χ4n) is 3.06. The Labute approximate surface area is 135 Å². The average molecular weight is 310 g/mol. The smallest absolute Gasteiger partial charge is 0.267 e. The van der Waals surface area contributed by atoms with Gasteiger partial charge in [-0.15, -0.1) is 0 Å². The minimum Gasteiger partial charge on any atom is -0.497 e. The van der Waals surface area contributed by atoms with Crippen LogP contribution in [0.3, 0.4) is 0 Å². The van der Waals surface area contributed by atoms with Gasteiger partial charge in [0.2, 0.25) is 0 Å². The van der Waals surface area contributed by atoms with Crippen molar-refractivity contribution in [3.8, 4) is 5.75 Å². The molecule has 23 heavy (non-hydrogen) atoms. The van der Waals surface area contributed by atoms with Crippen molar-refractivity contribution in [1.29, 1.82) is 0 Å². The van der Waals surface area contributed by atoms with E-state index in [9.17, 15) is 10.1 Å². The van der Waals surface area contributed by atoms with Crippen LogP contribution in [0, 0.1) is 10.1 Å². The molecule has 1 atom stereocenters. The summed E-state index contributed by atoms with van der Waals surface area (Å²) >= 11 is 0. The summed E-state index contributed by atoms with van der Waals surface area (Å²) in [5.74, 6) is 0.764. The number of methoxy groups -OCH3 is 1. The molecule has 0 amide bonds. The summed E-state index contributed by atoms with van der Waals surface area (Å²) < 4.78 is 5.19. The van der Waals surface area contributed by atoms with Gasteiger partial charge in [-0.1, -0.05) is 30.3 Å². The van der Waals surface area contributed by atoms with Crippen LogP contribution in [0.4, 0.5) is 5.69 Å². The Morgan fingerprint density at radius 3 is 2.35 bits per heavy atom. The zero-order valence-electron chi connectivity index (χ0n) is 13.1. The van der Waals surface area contributed by atoms with Crippen LogP contribution < -0.4 is 9.64 Å². The van der Waals surface area contributed by atoms with Gasteiger partial charge in [0.05, 0.1) is 30.2 Å². The Morgan fingerprint density at radius 1 is 1.13 bits per heavy atom. The lowest BCUT2D eigenvalue weighted by molar-refractivity contribution is -0.428. The first kappa shape index (κ1) is 15.1. The minimum atomic E-state index is -0.269. The Balaban J connectivity index is 2.04. The standard InChI is InChI=1S/C18H18N2O3/c1-13-17(20(21)22)12-18(14-6-4-3-5-7-14)19(13)15-8-10-16(23-2)11-9-15/h3-11,18H,12H2,1-2H3. The number of hydrogen-bond acceptors (Lipinski definition) is 4. The second-order valence-corrected chi connectivity index (χ2v) is 5.49. The third kappa shape index (κ3) is 2.77. The van der Waals surface area contributed by atoms with E-state index in [1.54, 1.807) is 7.11 Å². The van der Waals surface area contributed by atoms with Crippen molar-refractivity contribution in [3.63, 3.8) is 0 Å². The summed E-state index contributed by atoms with van der Waals surface area (Å²) in [5.41, 5.74) is 2.96. The summed E-state index contributed by atoms with van der Waals surface area (Å²) in [7, 11) is 1.62. The number of anilines is 1. The van der Waals surface area contributed by atoms with E-state index in [4.69, 9.17) is 4.74 Å². The highest BCUT2D eigenvalue weighted by Gasteiger charge is 2.37. The molecule has 0 radical (unpaired) electrons. The predicted octanol–water partition coefficient (Wildman–Crippen LogP) is 4.15. The van der Waals surface area contributed by atoms with E-state index < -0.39 is 0 Å². The minimum absolute atomic E-state index is 0.0648. The van der Waals surface area contributed by atoms with E-state index >= 15 is 0 Å². The Hall–Kier alpha value is -2.82. The van der Waals surface area contributed by atoms with Crippen molar-refractivity contribution >= 4 is 5.69 Å². The van der Waals surface area contributed by atoms with Crippen LogP contribution in [0.2, 0.25) is 0 Å². The van der Waals surface area contributed by atoms with Crippen molar-refractivity contribution in [1.82, 2.24) is 0 Å². The topological polar surface area (TPSA) is 55.6 Å². The van der Waals surface area contributed by atoms with Gasteiger partial charge in [0.25, 0.3) is 5.70 Å². The van der Waals surface area contributed by atoms with E-state index in [1.807, 2.05) is 66.4 Å². The highest BCUT2D eigenvalue weighted by Crippen LogP contribution is 2.42. The van der Waals surface area contributed by atoms with Crippen LogP contribution in [-0.4, -0.2) is 12.0 Å². The molecule has 1 heterocycles. The average Bonchev–Trinajstić information content (AvgIpc) is 2.93. The molecular weight excluding hydrogens is 292 g/mol. The first-order valence-electron chi connectivity index (χ1n) is 7.44. The maximum absolute atomic E-state index is 11.4. The normalized spacial score (nSPS) is 17.5. The molecule has 0 saturated heterocycles. The molecule has 118 valence electrons. The number of allylic oxidation sites excluding steroid dienone is 1. The summed E-state index contributed by atoms with van der Waals surface area (Å²) in [6.45, 7) is 1.81. The van der Waals surface area contributed by atoms with Crippen molar-refractivity contribution in [2.24, 2.45) is 0 Å². The number of nitro groups is 1. The number of benzene rings is 2. The SMILES string of the molecule is COc1ccc(N2C(C)=C([N+](=O)[O-])CC2c2ccccc2)cc1. The zero-order valence-corrected chi connectivity index (χ0v) is 13.1. The first-order valence-corrected chi connectivity index (χ1v) is 7.44. The summed E-state index contributed by atoms with van der Waals surface area (Å²) in [5, 5.41) is 11.4. The Bertz CT molecular complexity index is 739. The van der Waals surface area contributed by atoms with E-state index in [0.717, 1.165) is 17.0 Å². The second-order valence-electron chi connectivity index (χ2n) is 5.49. The fourth-order valence-corrected chi connectivity index (χ4v) is 3.06. The van der Waals surface area contributed by atoms with E-state index in [-0.39, 0.29) is 16.7 Å². The van der Waals surface area contributed by atoms with Gasteiger partial charge >= 0.3 is 0 Å². The molecular formula is C18H18N2O3. The highest BCUT2D eigenvalue weighted by atomic mass is 16.6. The molecule has 5 nitrogen and oxygen atoms in total. The van der Waals surface area contributed by atoms with Crippen molar-refractivity contribution in [2.75, 3.05) is 12.0 Å². The molecule has 3 rings (SSSR count). The molecule has 0 aliphatic carbocycles. The van der Waals surface area contributed by atoms with E-state index in [0.29, 0.717) is 12.1 Å². The molecule has 2 aromatic rings. The van der Waals surface area contributed by atoms with Crippen molar-refractivity contribution in [3.05, 3.63) is 81.7 Å². The van der Waals surface area contributed by atoms with Crippen LogP contribution in [0.5, 0.6) is 5.75 Å². The Kier molecular flexibility index (Phi) is 4.02. The lowest BCUT2D eigenvalue weighted by Gasteiger charge is -2.28. The maximum atomic E-state index is 11.4. The number of rotatable bonds is 4. The molecule has 2 aromatic carbocycles. The third-order valence-electron chi connectivity index (χ3n) is 4.23. The second kappa shape index (κ2) is 6.12. The lowest BCUT2D eigenvalue weighted by atomic mass is 10.0. The van der Waals surface area contributed by atoms with Gasteiger partial charge in [-0.2, -0.15) is 0 Å². The zero-order chi connectivity index (χ0) is 16.4. The quantitative estimate of drug-likeness (QED) is 0.628. The molecule has 0 fully saturated rings. The van der Waals surface area contributed by atoms with E-state index in [1.165, 1.54) is 0 Å². The largest absolute Gasteiger partial charge is 0.497 e. The van der Waals surface area contributed by atoms with Crippen molar-refractivity contribution < 1.29 is 9.66 Å².